The fourth-order valence-electron chi connectivity index (χ4n) is 0.853. The Morgan fingerprint density at radius 3 is 1.62 bits per heavy atom. The molecule has 0 radical (unpaired) electrons. The topological polar surface area (TPSA) is 0 Å². The third-order valence-corrected chi connectivity index (χ3v) is 3.12. The lowest BCUT2D eigenvalue weighted by molar-refractivity contribution is 0.312. The molecule has 0 nitrogen and oxygen atoms in total. The van der Waals surface area contributed by atoms with Gasteiger partial charge in [0.15, 0.2) is 0 Å². The molecule has 0 aliphatic heterocycles. The zero-order valence-corrected chi connectivity index (χ0v) is 10.4. The standard InChI is InChI=1S/C13H26/c1-10(2)11(3)8-9-12(4)13(5,6)7/h8-12H,1-7H3/b9-8+/t11-,12-/m0/s1. The van der Waals surface area contributed by atoms with Gasteiger partial charge in [0.1, 0.15) is 0 Å². The maximum Gasteiger partial charge on any atom is -0.0213 e. The van der Waals surface area contributed by atoms with E-state index in [-0.39, 0.29) is 0 Å². The SMILES string of the molecule is CC(C)[C@@H](C)/C=C/[C@H](C)C(C)(C)C. The van der Waals surface area contributed by atoms with Gasteiger partial charge >= 0.3 is 0 Å². The first-order valence-corrected chi connectivity index (χ1v) is 5.43. The summed E-state index contributed by atoms with van der Waals surface area (Å²) < 4.78 is 0. The van der Waals surface area contributed by atoms with Crippen LogP contribution in [0.2, 0.25) is 0 Å². The number of allylic oxidation sites excluding steroid dienone is 2. The highest BCUT2D eigenvalue weighted by Crippen LogP contribution is 2.27. The maximum absolute atomic E-state index is 2.37. The first-order valence-electron chi connectivity index (χ1n) is 5.43. The molecule has 0 aromatic heterocycles. The second-order valence-corrected chi connectivity index (χ2v) is 5.64. The van der Waals surface area contributed by atoms with Gasteiger partial charge in [0.25, 0.3) is 0 Å². The summed E-state index contributed by atoms with van der Waals surface area (Å²) in [5.41, 5.74) is 0.396. The molecule has 0 rings (SSSR count). The van der Waals surface area contributed by atoms with Crippen LogP contribution >= 0.6 is 0 Å². The average molecular weight is 182 g/mol. The van der Waals surface area contributed by atoms with Gasteiger partial charge in [-0.2, -0.15) is 0 Å². The molecule has 0 saturated carbocycles. The van der Waals surface area contributed by atoms with E-state index in [0.29, 0.717) is 17.3 Å². The van der Waals surface area contributed by atoms with Crippen molar-refractivity contribution in [3.05, 3.63) is 12.2 Å². The largest absolute Gasteiger partial charge is 0.0852 e. The molecule has 0 aliphatic rings. The van der Waals surface area contributed by atoms with Crippen molar-refractivity contribution < 1.29 is 0 Å². The van der Waals surface area contributed by atoms with Crippen molar-refractivity contribution in [2.75, 3.05) is 0 Å². The molecule has 0 bridgehead atoms. The summed E-state index contributed by atoms with van der Waals surface area (Å²) >= 11 is 0. The molecule has 13 heavy (non-hydrogen) atoms. The average Bonchev–Trinajstić information content (AvgIpc) is 1.97. The molecule has 0 aromatic rings. The van der Waals surface area contributed by atoms with Crippen LogP contribution in [0.3, 0.4) is 0 Å². The van der Waals surface area contributed by atoms with Crippen molar-refractivity contribution in [2.45, 2.75) is 48.5 Å². The van der Waals surface area contributed by atoms with Crippen molar-refractivity contribution in [3.63, 3.8) is 0 Å². The monoisotopic (exact) mass is 182 g/mol. The maximum atomic E-state index is 2.37. The Hall–Kier alpha value is -0.260. The Kier molecular flexibility index (Phi) is 4.74. The second kappa shape index (κ2) is 4.83. The van der Waals surface area contributed by atoms with Crippen LogP contribution in [0.25, 0.3) is 0 Å². The van der Waals surface area contributed by atoms with Crippen LogP contribution in [0.1, 0.15) is 48.5 Å². The molecule has 0 aliphatic carbocycles. The van der Waals surface area contributed by atoms with Gasteiger partial charge in [-0.1, -0.05) is 60.6 Å². The van der Waals surface area contributed by atoms with Crippen LogP contribution in [0.15, 0.2) is 12.2 Å². The third kappa shape index (κ3) is 5.13. The predicted molar refractivity (Wildman–Crippen MR) is 61.8 cm³/mol. The van der Waals surface area contributed by atoms with Gasteiger partial charge in [-0.3, -0.25) is 0 Å². The van der Waals surface area contributed by atoms with Gasteiger partial charge in [-0.25, -0.2) is 0 Å². The van der Waals surface area contributed by atoms with E-state index in [1.54, 1.807) is 0 Å². The van der Waals surface area contributed by atoms with E-state index < -0.39 is 0 Å². The van der Waals surface area contributed by atoms with Crippen molar-refractivity contribution in [1.82, 2.24) is 0 Å². The van der Waals surface area contributed by atoms with Crippen LogP contribution in [-0.2, 0) is 0 Å². The first-order chi connectivity index (χ1) is 5.75. The molecule has 0 saturated heterocycles. The second-order valence-electron chi connectivity index (χ2n) is 5.64. The predicted octanol–water partition coefficient (Wildman–Crippen LogP) is 4.52. The number of hydrogen-bond acceptors (Lipinski definition) is 0. The van der Waals surface area contributed by atoms with E-state index in [9.17, 15) is 0 Å². The highest BCUT2D eigenvalue weighted by Gasteiger charge is 2.17. The van der Waals surface area contributed by atoms with Crippen LogP contribution in [0.4, 0.5) is 0 Å². The zero-order valence-electron chi connectivity index (χ0n) is 10.4. The van der Waals surface area contributed by atoms with Gasteiger partial charge in [0, 0.05) is 0 Å². The van der Waals surface area contributed by atoms with Crippen LogP contribution < -0.4 is 0 Å². The molecule has 0 amide bonds. The fourth-order valence-corrected chi connectivity index (χ4v) is 0.853. The molecule has 0 spiro atoms. The summed E-state index contributed by atoms with van der Waals surface area (Å²) in [6.45, 7) is 16.0. The molecular weight excluding hydrogens is 156 g/mol. The molecule has 0 heteroatoms. The normalized spacial score (nSPS) is 18.2. The van der Waals surface area contributed by atoms with E-state index in [4.69, 9.17) is 0 Å². The molecule has 78 valence electrons. The lowest BCUT2D eigenvalue weighted by Crippen LogP contribution is -2.15. The van der Waals surface area contributed by atoms with E-state index in [1.807, 2.05) is 0 Å². The van der Waals surface area contributed by atoms with Gasteiger partial charge in [0.2, 0.25) is 0 Å². The van der Waals surface area contributed by atoms with E-state index in [1.165, 1.54) is 0 Å². The van der Waals surface area contributed by atoms with E-state index in [0.717, 1.165) is 5.92 Å². The quantitative estimate of drug-likeness (QED) is 0.563. The summed E-state index contributed by atoms with van der Waals surface area (Å²) in [6.07, 6.45) is 4.73. The molecule has 0 N–H and O–H groups in total. The van der Waals surface area contributed by atoms with Gasteiger partial charge < -0.3 is 0 Å². The third-order valence-electron chi connectivity index (χ3n) is 3.12. The van der Waals surface area contributed by atoms with Crippen LogP contribution in [0, 0.1) is 23.2 Å². The summed E-state index contributed by atoms with van der Waals surface area (Å²) in [5, 5.41) is 0. The van der Waals surface area contributed by atoms with E-state index in [2.05, 4.69) is 60.6 Å². The molecular formula is C13H26. The van der Waals surface area contributed by atoms with E-state index >= 15 is 0 Å². The number of hydrogen-bond donors (Lipinski definition) is 0. The molecule has 0 aromatic carbocycles. The smallest absolute Gasteiger partial charge is 0.0213 e. The minimum Gasteiger partial charge on any atom is -0.0852 e. The lowest BCUT2D eigenvalue weighted by atomic mass is 9.81. The van der Waals surface area contributed by atoms with Crippen molar-refractivity contribution >= 4 is 0 Å². The zero-order chi connectivity index (χ0) is 10.6. The minimum absolute atomic E-state index is 0.396. The summed E-state index contributed by atoms with van der Waals surface area (Å²) in [5.74, 6) is 2.11. The Morgan fingerprint density at radius 2 is 1.31 bits per heavy atom. The highest BCUT2D eigenvalue weighted by molar-refractivity contribution is 4.94. The molecule has 0 unspecified atom stereocenters. The van der Waals surface area contributed by atoms with Crippen LogP contribution in [0.5, 0.6) is 0 Å². The summed E-state index contributed by atoms with van der Waals surface area (Å²) in [6, 6.07) is 0. The first kappa shape index (κ1) is 12.7. The lowest BCUT2D eigenvalue weighted by Gasteiger charge is -2.24. The van der Waals surface area contributed by atoms with Gasteiger partial charge in [0.05, 0.1) is 0 Å². The van der Waals surface area contributed by atoms with Crippen molar-refractivity contribution in [3.8, 4) is 0 Å². The van der Waals surface area contributed by atoms with Gasteiger partial charge in [-0.05, 0) is 23.2 Å². The fraction of sp³-hybridized carbons (Fsp3) is 0.846. The summed E-state index contributed by atoms with van der Waals surface area (Å²) in [4.78, 5) is 0. The molecule has 2 atom stereocenters. The Labute approximate surface area is 84.4 Å². The minimum atomic E-state index is 0.396. The van der Waals surface area contributed by atoms with Crippen molar-refractivity contribution in [2.24, 2.45) is 23.2 Å². The highest BCUT2D eigenvalue weighted by atomic mass is 14.2. The van der Waals surface area contributed by atoms with Gasteiger partial charge in [-0.15, -0.1) is 0 Å². The van der Waals surface area contributed by atoms with Crippen molar-refractivity contribution in [1.29, 1.82) is 0 Å². The molecule has 0 heterocycles. The molecule has 0 fully saturated rings. The Morgan fingerprint density at radius 1 is 0.846 bits per heavy atom. The Bertz CT molecular complexity index is 157. The number of rotatable bonds is 3. The van der Waals surface area contributed by atoms with Crippen LogP contribution in [-0.4, -0.2) is 0 Å². The summed E-state index contributed by atoms with van der Waals surface area (Å²) in [7, 11) is 0. The Balaban J connectivity index is 4.12.